The van der Waals surface area contributed by atoms with Crippen LogP contribution >= 0.6 is 0 Å². The first-order valence-corrected chi connectivity index (χ1v) is 13.0. The number of carbonyl (C=O) groups is 1. The fourth-order valence-electron chi connectivity index (χ4n) is 4.86. The lowest BCUT2D eigenvalue weighted by molar-refractivity contribution is 0.0725. The van der Waals surface area contributed by atoms with Crippen LogP contribution in [0.2, 0.25) is 0 Å². The molecule has 2 heteroatoms. The molecule has 0 radical (unpaired) electrons. The topological polar surface area (TPSA) is 37.3 Å². The summed E-state index contributed by atoms with van der Waals surface area (Å²) in [5.41, 5.74) is 2.03. The van der Waals surface area contributed by atoms with Crippen molar-refractivity contribution in [2.75, 3.05) is 0 Å². The molecule has 1 aliphatic rings. The summed E-state index contributed by atoms with van der Waals surface area (Å²) in [5, 5.41) is 10.3. The quantitative estimate of drug-likeness (QED) is 0.218. The normalized spacial score (nSPS) is 15.9. The average Bonchev–Trinajstić information content (AvgIpc) is 2.80. The highest BCUT2D eigenvalue weighted by atomic mass is 16.3. The Morgan fingerprint density at radius 3 is 1.83 bits per heavy atom. The average molecular weight is 415 g/mol. The number of Topliss-reactive ketones (excluding diaryl/α,β-unsaturated/α-hetero) is 1. The summed E-state index contributed by atoms with van der Waals surface area (Å²) in [5.74, 6) is 0.558. The van der Waals surface area contributed by atoms with Crippen LogP contribution in [0.4, 0.5) is 0 Å². The van der Waals surface area contributed by atoms with Crippen molar-refractivity contribution in [2.24, 2.45) is 0 Å². The molecule has 1 aromatic rings. The van der Waals surface area contributed by atoms with Crippen molar-refractivity contribution in [2.45, 2.75) is 135 Å². The number of ketones is 1. The zero-order valence-corrected chi connectivity index (χ0v) is 19.5. The van der Waals surface area contributed by atoms with Crippen LogP contribution in [0.3, 0.4) is 0 Å². The minimum absolute atomic E-state index is 0.103. The molecule has 1 saturated carbocycles. The van der Waals surface area contributed by atoms with Crippen molar-refractivity contribution in [3.63, 3.8) is 0 Å². The zero-order chi connectivity index (χ0) is 21.4. The Morgan fingerprint density at radius 2 is 1.30 bits per heavy atom. The minimum atomic E-state index is -0.839. The second-order valence-corrected chi connectivity index (χ2v) is 9.51. The Balaban J connectivity index is 1.52. The van der Waals surface area contributed by atoms with E-state index in [2.05, 4.69) is 19.1 Å². The van der Waals surface area contributed by atoms with E-state index in [1.807, 2.05) is 12.1 Å². The van der Waals surface area contributed by atoms with Crippen molar-refractivity contribution in [3.05, 3.63) is 35.4 Å². The standard InChI is InChI=1S/C28H46O2/c1-2-3-4-5-6-7-8-9-10-11-12-16-19-27(29)28(30)26-22-20-25(21-23-26)24-17-14-13-15-18-24/h20-24,27,29H,2-19H2,1H3. The second kappa shape index (κ2) is 15.6. The van der Waals surface area contributed by atoms with Gasteiger partial charge < -0.3 is 5.11 Å². The van der Waals surface area contributed by atoms with Gasteiger partial charge in [-0.1, -0.05) is 128 Å². The Kier molecular flexibility index (Phi) is 13.1. The Hall–Kier alpha value is -1.15. The Morgan fingerprint density at radius 1 is 0.800 bits per heavy atom. The number of hydrogen-bond donors (Lipinski definition) is 1. The fourth-order valence-corrected chi connectivity index (χ4v) is 4.86. The molecule has 1 atom stereocenters. The lowest BCUT2D eigenvalue weighted by Crippen LogP contribution is -2.20. The molecule has 0 saturated heterocycles. The van der Waals surface area contributed by atoms with Gasteiger partial charge in [-0.15, -0.1) is 0 Å². The highest BCUT2D eigenvalue weighted by molar-refractivity contribution is 5.99. The van der Waals surface area contributed by atoms with Crippen LogP contribution in [-0.2, 0) is 0 Å². The monoisotopic (exact) mass is 414 g/mol. The summed E-state index contributed by atoms with van der Waals surface area (Å²) in [4.78, 5) is 12.5. The van der Waals surface area contributed by atoms with Crippen molar-refractivity contribution in [1.82, 2.24) is 0 Å². The highest BCUT2D eigenvalue weighted by Gasteiger charge is 2.19. The summed E-state index contributed by atoms with van der Waals surface area (Å²) in [6.07, 6.45) is 21.9. The van der Waals surface area contributed by atoms with Gasteiger partial charge in [-0.3, -0.25) is 4.79 Å². The predicted octanol–water partition coefficient (Wildman–Crippen LogP) is 8.37. The molecule has 170 valence electrons. The van der Waals surface area contributed by atoms with Gasteiger partial charge in [-0.2, -0.15) is 0 Å². The zero-order valence-electron chi connectivity index (χ0n) is 19.5. The maximum Gasteiger partial charge on any atom is 0.191 e. The number of aliphatic hydroxyl groups excluding tert-OH is 1. The number of carbonyl (C=O) groups excluding carboxylic acids is 1. The number of aliphatic hydroxyl groups is 1. The number of benzene rings is 1. The molecule has 1 aromatic carbocycles. The van der Waals surface area contributed by atoms with Gasteiger partial charge in [-0.25, -0.2) is 0 Å². The van der Waals surface area contributed by atoms with Crippen LogP contribution < -0.4 is 0 Å². The summed E-state index contributed by atoms with van der Waals surface area (Å²) in [6.45, 7) is 2.27. The first-order valence-electron chi connectivity index (χ1n) is 13.0. The number of unbranched alkanes of at least 4 members (excludes halogenated alkanes) is 11. The lowest BCUT2D eigenvalue weighted by Gasteiger charge is -2.22. The van der Waals surface area contributed by atoms with Crippen LogP contribution in [0.1, 0.15) is 144 Å². The van der Waals surface area contributed by atoms with Gasteiger partial charge in [0.15, 0.2) is 5.78 Å². The molecule has 0 bridgehead atoms. The number of rotatable bonds is 16. The van der Waals surface area contributed by atoms with Crippen LogP contribution in [-0.4, -0.2) is 17.0 Å². The molecule has 1 aliphatic carbocycles. The molecule has 2 nitrogen and oxygen atoms in total. The highest BCUT2D eigenvalue weighted by Crippen LogP contribution is 2.32. The summed E-state index contributed by atoms with van der Waals surface area (Å²) < 4.78 is 0. The van der Waals surface area contributed by atoms with E-state index in [4.69, 9.17) is 0 Å². The molecule has 0 aliphatic heterocycles. The van der Waals surface area contributed by atoms with E-state index in [0.717, 1.165) is 12.8 Å². The summed E-state index contributed by atoms with van der Waals surface area (Å²) in [7, 11) is 0. The van der Waals surface area contributed by atoms with Gasteiger partial charge in [0.2, 0.25) is 0 Å². The third-order valence-corrected chi connectivity index (χ3v) is 6.91. The van der Waals surface area contributed by atoms with E-state index in [1.165, 1.54) is 102 Å². The maximum atomic E-state index is 12.5. The largest absolute Gasteiger partial charge is 0.385 e. The molecule has 0 heterocycles. The first-order chi connectivity index (χ1) is 14.7. The van der Waals surface area contributed by atoms with E-state index in [0.29, 0.717) is 17.9 Å². The van der Waals surface area contributed by atoms with Crippen molar-refractivity contribution >= 4 is 5.78 Å². The third kappa shape index (κ3) is 9.77. The van der Waals surface area contributed by atoms with E-state index in [9.17, 15) is 9.90 Å². The van der Waals surface area contributed by atoms with E-state index < -0.39 is 6.10 Å². The summed E-state index contributed by atoms with van der Waals surface area (Å²) in [6, 6.07) is 8.08. The van der Waals surface area contributed by atoms with Crippen LogP contribution in [0.5, 0.6) is 0 Å². The van der Waals surface area contributed by atoms with E-state index >= 15 is 0 Å². The molecular formula is C28H46O2. The maximum absolute atomic E-state index is 12.5. The smallest absolute Gasteiger partial charge is 0.191 e. The van der Waals surface area contributed by atoms with E-state index in [-0.39, 0.29) is 5.78 Å². The van der Waals surface area contributed by atoms with Crippen LogP contribution in [0.25, 0.3) is 0 Å². The number of hydrogen-bond acceptors (Lipinski definition) is 2. The van der Waals surface area contributed by atoms with Gasteiger partial charge >= 0.3 is 0 Å². The SMILES string of the molecule is CCCCCCCCCCCCCCC(O)C(=O)c1ccc(C2CCCCC2)cc1. The lowest BCUT2D eigenvalue weighted by atomic mass is 9.83. The molecule has 1 fully saturated rings. The predicted molar refractivity (Wildman–Crippen MR) is 128 cm³/mol. The molecule has 1 N–H and O–H groups in total. The van der Waals surface area contributed by atoms with Gasteiger partial charge in [0.1, 0.15) is 6.10 Å². The molecule has 0 amide bonds. The van der Waals surface area contributed by atoms with Crippen molar-refractivity contribution in [1.29, 1.82) is 0 Å². The molecular weight excluding hydrogens is 368 g/mol. The third-order valence-electron chi connectivity index (χ3n) is 6.91. The Labute approximate surface area is 185 Å². The van der Waals surface area contributed by atoms with Crippen molar-refractivity contribution < 1.29 is 9.90 Å². The molecule has 1 unspecified atom stereocenters. The Bertz CT molecular complexity index is 557. The van der Waals surface area contributed by atoms with Gasteiger partial charge in [-0.05, 0) is 30.7 Å². The molecule has 0 aromatic heterocycles. The van der Waals surface area contributed by atoms with Crippen LogP contribution in [0, 0.1) is 0 Å². The van der Waals surface area contributed by atoms with E-state index in [1.54, 1.807) is 0 Å². The molecule has 0 spiro atoms. The van der Waals surface area contributed by atoms with Gasteiger partial charge in [0.05, 0.1) is 0 Å². The first kappa shape index (κ1) is 25.1. The molecule has 2 rings (SSSR count). The van der Waals surface area contributed by atoms with Crippen LogP contribution in [0.15, 0.2) is 24.3 Å². The fraction of sp³-hybridized carbons (Fsp3) is 0.750. The molecule has 30 heavy (non-hydrogen) atoms. The second-order valence-electron chi connectivity index (χ2n) is 9.51. The van der Waals surface area contributed by atoms with Gasteiger partial charge in [0, 0.05) is 5.56 Å². The summed E-state index contributed by atoms with van der Waals surface area (Å²) >= 11 is 0. The van der Waals surface area contributed by atoms with Gasteiger partial charge in [0.25, 0.3) is 0 Å². The minimum Gasteiger partial charge on any atom is -0.385 e. The van der Waals surface area contributed by atoms with Crippen molar-refractivity contribution in [3.8, 4) is 0 Å².